The third kappa shape index (κ3) is 8.83. The number of rotatable bonds is 1. The molecule has 0 aromatic heterocycles. The van der Waals surface area contributed by atoms with Crippen LogP contribution in [-0.2, 0) is 15.4 Å². The van der Waals surface area contributed by atoms with Crippen molar-refractivity contribution in [2.75, 3.05) is 0 Å². The molecule has 3 nitrogen and oxygen atoms in total. The quantitative estimate of drug-likeness (QED) is 0.337. The van der Waals surface area contributed by atoms with Crippen LogP contribution in [0, 0.1) is 0 Å². The molecule has 0 radical (unpaired) electrons. The van der Waals surface area contributed by atoms with E-state index in [9.17, 15) is 4.53 Å². The van der Waals surface area contributed by atoms with Gasteiger partial charge in [0.15, 0.2) is 0 Å². The normalized spacial score (nSPS) is 7.67. The molecule has 6 heavy (non-hydrogen) atoms. The molecular weight excluding hydrogens is 106 g/mol. The Morgan fingerprint density at radius 2 is 1.67 bits per heavy atom. The zero-order valence-corrected chi connectivity index (χ0v) is 2.94. The Balaban J connectivity index is 0. The van der Waals surface area contributed by atoms with Crippen molar-refractivity contribution in [3.8, 4) is 0 Å². The van der Waals surface area contributed by atoms with Crippen molar-refractivity contribution in [3.63, 3.8) is 0 Å². The average molecular weight is 108 g/mol. The first kappa shape index (κ1) is 9.67. The number of hydrogen-bond donors (Lipinski definition) is 1. The fraction of sp³-hybridized carbons (Fsp3) is 0. The van der Waals surface area contributed by atoms with Crippen LogP contribution in [-0.4, -0.2) is 27.3 Å². The molecule has 0 atom stereocenters. The fourth-order valence-corrected chi connectivity index (χ4v) is 0. The average Bonchev–Trinajstić information content (AvgIpc) is 1.38. The summed E-state index contributed by atoms with van der Waals surface area (Å²) in [6.07, 6.45) is 0. The molecule has 0 fully saturated rings. The number of halogens is 1. The first-order valence-electron chi connectivity index (χ1n) is 0.702. The molecule has 0 saturated carbocycles. The van der Waals surface area contributed by atoms with Crippen LogP contribution < -0.4 is 0 Å². The Kier molecular flexibility index (Phi) is 8.76. The Morgan fingerprint density at radius 3 is 1.67 bits per heavy atom. The Morgan fingerprint density at radius 1 is 1.50 bits per heavy atom. The Bertz CT molecular complexity index is 68.9. The third-order valence-corrected chi connectivity index (χ3v) is 0.169. The van der Waals surface area contributed by atoms with Crippen molar-refractivity contribution in [3.05, 3.63) is 0 Å². The molecule has 0 N–H and O–H groups in total. The van der Waals surface area contributed by atoms with Crippen LogP contribution in [0.1, 0.15) is 0 Å². The van der Waals surface area contributed by atoms with E-state index in [1.807, 2.05) is 0 Å². The molecule has 0 rings (SSSR count). The number of thiol groups is 1. The van der Waals surface area contributed by atoms with Gasteiger partial charge in [-0.25, -0.2) is 0 Å². The summed E-state index contributed by atoms with van der Waals surface area (Å²) in [6, 6.07) is 0. The molecule has 0 saturated heterocycles. The Hall–Kier alpha value is 0.437. The predicted molar refractivity (Wildman–Crippen MR) is 19.7 cm³/mol. The van der Waals surface area contributed by atoms with Gasteiger partial charge in [-0.15, -0.1) is 0 Å². The van der Waals surface area contributed by atoms with Crippen molar-refractivity contribution in [2.24, 2.45) is 0 Å². The second-order valence-electron chi connectivity index (χ2n) is 0.293. The van der Waals surface area contributed by atoms with Crippen LogP contribution in [0.4, 0.5) is 4.53 Å². The van der Waals surface area contributed by atoms with Crippen molar-refractivity contribution < 1.29 is 17.3 Å². The molecule has 0 bridgehead atoms. The van der Waals surface area contributed by atoms with Crippen molar-refractivity contribution in [1.82, 2.24) is 0 Å². The maximum atomic E-state index is 10.0. The molecule has 0 aliphatic heterocycles. The molecule has 0 aliphatic rings. The summed E-state index contributed by atoms with van der Waals surface area (Å²) >= 11 is 0. The van der Waals surface area contributed by atoms with Gasteiger partial charge in [-0.3, -0.25) is 0 Å². The first-order chi connectivity index (χ1) is 2.27. The van der Waals surface area contributed by atoms with Gasteiger partial charge in [0.2, 0.25) is 0 Å². The van der Waals surface area contributed by atoms with E-state index in [1.54, 1.807) is 0 Å². The monoisotopic (exact) mass is 108 g/mol. The van der Waals surface area contributed by atoms with Crippen LogP contribution >= 0.6 is 0 Å². The van der Waals surface area contributed by atoms with Crippen molar-refractivity contribution >= 4 is 29.8 Å². The van der Waals surface area contributed by atoms with Crippen LogP contribution in [0.3, 0.4) is 0 Å². The maximum absolute atomic E-state index is 10.0. The van der Waals surface area contributed by atoms with Crippen LogP contribution in [0.5, 0.6) is 0 Å². The minimum absolute atomic E-state index is 0. The van der Waals surface area contributed by atoms with Crippen LogP contribution in [0.2, 0.25) is 0 Å². The first-order valence-corrected chi connectivity index (χ1v) is 1.80. The molecule has 0 aliphatic carbocycles. The molecule has 34 valence electrons. The Labute approximate surface area is 47.7 Å². The van der Waals surface area contributed by atoms with Gasteiger partial charge in [-0.1, -0.05) is 4.39 Å². The summed E-state index contributed by atoms with van der Waals surface area (Å²) in [5.74, 6) is 0. The van der Waals surface area contributed by atoms with Gasteiger partial charge in [-0.2, -0.15) is 8.42 Å². The summed E-state index contributed by atoms with van der Waals surface area (Å²) in [6.45, 7) is 0. The van der Waals surface area contributed by atoms with E-state index in [1.165, 1.54) is 0 Å². The molecular formula is H2FLiO3S. The van der Waals surface area contributed by atoms with Gasteiger partial charge in [0, 0.05) is 0 Å². The van der Waals surface area contributed by atoms with Gasteiger partial charge in [-0.05, 0) is 4.53 Å². The van der Waals surface area contributed by atoms with Crippen LogP contribution in [0.25, 0.3) is 0 Å². The van der Waals surface area contributed by atoms with Gasteiger partial charge in [0.05, 0.1) is 0 Å². The predicted octanol–water partition coefficient (Wildman–Crippen LogP) is -1.23. The zero-order chi connectivity index (χ0) is 4.28. The summed E-state index contributed by atoms with van der Waals surface area (Å²) in [5.41, 5.74) is 0. The topological polar surface area (TPSA) is 43.4 Å². The van der Waals surface area contributed by atoms with E-state index in [0.717, 1.165) is 0 Å². The molecule has 0 aromatic rings. The van der Waals surface area contributed by atoms with Gasteiger partial charge < -0.3 is 0 Å². The number of hydrogen-bond acceptors (Lipinski definition) is 3. The standard InChI is InChI=1S/FHO3S.Li.H/c1-4-5(2)3;;/h5H;;. The van der Waals surface area contributed by atoms with E-state index >= 15 is 0 Å². The van der Waals surface area contributed by atoms with Crippen LogP contribution in [0.15, 0.2) is 0 Å². The zero-order valence-electron chi connectivity index (χ0n) is 2.05. The summed E-state index contributed by atoms with van der Waals surface area (Å²) in [7, 11) is -3.26. The fourth-order valence-electron chi connectivity index (χ4n) is 0. The molecule has 0 amide bonds. The van der Waals surface area contributed by atoms with Crippen molar-refractivity contribution in [1.29, 1.82) is 0 Å². The summed E-state index contributed by atoms with van der Waals surface area (Å²) in [5, 5.41) is 0. The third-order valence-electron chi connectivity index (χ3n) is 0.0563. The summed E-state index contributed by atoms with van der Waals surface area (Å²) < 4.78 is 29.8. The van der Waals surface area contributed by atoms with Gasteiger partial charge >= 0.3 is 18.9 Å². The van der Waals surface area contributed by atoms with E-state index in [-0.39, 0.29) is 18.9 Å². The molecule has 0 unspecified atom stereocenters. The summed E-state index contributed by atoms with van der Waals surface area (Å²) in [4.78, 5) is 0. The molecule has 6 heteroatoms. The minimum atomic E-state index is -3.26. The van der Waals surface area contributed by atoms with Gasteiger partial charge in [0.25, 0.3) is 11.0 Å². The molecule has 0 aromatic carbocycles. The molecule has 0 heterocycles. The van der Waals surface area contributed by atoms with E-state index in [4.69, 9.17) is 8.42 Å². The van der Waals surface area contributed by atoms with E-state index in [2.05, 4.69) is 4.39 Å². The van der Waals surface area contributed by atoms with E-state index < -0.39 is 11.0 Å². The second kappa shape index (κ2) is 5.44. The second-order valence-corrected chi connectivity index (χ2v) is 0.878. The van der Waals surface area contributed by atoms with E-state index in [0.29, 0.717) is 0 Å². The SMILES string of the molecule is O=[SH](=O)OF.[LiH]. The van der Waals surface area contributed by atoms with Crippen molar-refractivity contribution in [2.45, 2.75) is 0 Å². The van der Waals surface area contributed by atoms with Gasteiger partial charge in [0.1, 0.15) is 0 Å². The molecule has 0 spiro atoms.